The SMILES string of the molecule is Cc1ccc(CNC(=O)c2ccc3n(c2=O)CCN(CC2(S(=O)(=O)C(C)(C)CO)CC2)C3=O)cn1. The van der Waals surface area contributed by atoms with Crippen LogP contribution in [0.15, 0.2) is 35.3 Å². The van der Waals surface area contributed by atoms with E-state index in [2.05, 4.69) is 10.3 Å². The van der Waals surface area contributed by atoms with E-state index in [1.807, 2.05) is 19.1 Å². The van der Waals surface area contributed by atoms with E-state index in [1.165, 1.54) is 35.4 Å². The number of nitrogens with zero attached hydrogens (tertiary/aromatic N) is 3. The fraction of sp³-hybridized carbons (Fsp3) is 0.500. The molecule has 1 saturated carbocycles. The van der Waals surface area contributed by atoms with Crippen molar-refractivity contribution >= 4 is 21.7 Å². The first kappa shape index (κ1) is 25.1. The molecular formula is C24H30N4O6S. The minimum absolute atomic E-state index is 0.0125. The standard InChI is InChI=1S/C24H30N4O6S/c1-16-4-5-17(12-25-16)13-26-20(30)18-6-7-19-22(32)27(10-11-28(19)21(18)31)14-24(8-9-24)35(33,34)23(2,3)15-29/h4-7,12,29H,8-11,13-15H2,1-3H3,(H,26,30). The average molecular weight is 503 g/mol. The number of hydrogen-bond acceptors (Lipinski definition) is 7. The molecule has 1 fully saturated rings. The van der Waals surface area contributed by atoms with Gasteiger partial charge in [-0.25, -0.2) is 8.42 Å². The summed E-state index contributed by atoms with van der Waals surface area (Å²) in [5.74, 6) is -0.996. The maximum atomic E-state index is 13.2. The van der Waals surface area contributed by atoms with E-state index in [-0.39, 0.29) is 37.4 Å². The first-order valence-electron chi connectivity index (χ1n) is 11.5. The van der Waals surface area contributed by atoms with Gasteiger partial charge in [0.05, 0.1) is 16.1 Å². The lowest BCUT2D eigenvalue weighted by atomic mass is 10.1. The van der Waals surface area contributed by atoms with Crippen molar-refractivity contribution < 1.29 is 23.1 Å². The molecule has 3 heterocycles. The van der Waals surface area contributed by atoms with Gasteiger partial charge < -0.3 is 19.9 Å². The van der Waals surface area contributed by atoms with Crippen molar-refractivity contribution in [1.82, 2.24) is 19.8 Å². The summed E-state index contributed by atoms with van der Waals surface area (Å²) in [4.78, 5) is 44.4. The second-order valence-electron chi connectivity index (χ2n) is 9.91. The number of aromatic nitrogens is 2. The van der Waals surface area contributed by atoms with E-state index in [9.17, 15) is 27.9 Å². The molecule has 0 unspecified atom stereocenters. The van der Waals surface area contributed by atoms with Crippen LogP contribution in [0.1, 0.15) is 58.8 Å². The maximum Gasteiger partial charge on any atom is 0.270 e. The first-order valence-corrected chi connectivity index (χ1v) is 13.0. The second kappa shape index (κ2) is 8.87. The molecule has 0 spiro atoms. The summed E-state index contributed by atoms with van der Waals surface area (Å²) in [7, 11) is -3.70. The maximum absolute atomic E-state index is 13.2. The van der Waals surface area contributed by atoms with E-state index >= 15 is 0 Å². The molecule has 10 nitrogen and oxygen atoms in total. The molecule has 11 heteroatoms. The highest BCUT2D eigenvalue weighted by molar-refractivity contribution is 7.94. The molecule has 1 aliphatic heterocycles. The average Bonchev–Trinajstić information content (AvgIpc) is 3.62. The van der Waals surface area contributed by atoms with Gasteiger partial charge in [0.25, 0.3) is 17.4 Å². The highest BCUT2D eigenvalue weighted by Crippen LogP contribution is 2.49. The zero-order valence-corrected chi connectivity index (χ0v) is 20.9. The van der Waals surface area contributed by atoms with Crippen molar-refractivity contribution in [3.8, 4) is 0 Å². The molecule has 1 aliphatic carbocycles. The Bertz CT molecular complexity index is 1330. The molecule has 188 valence electrons. The minimum Gasteiger partial charge on any atom is -0.395 e. The normalized spacial score (nSPS) is 17.1. The van der Waals surface area contributed by atoms with E-state index in [4.69, 9.17) is 0 Å². The summed E-state index contributed by atoms with van der Waals surface area (Å²) in [6, 6.07) is 6.43. The van der Waals surface area contributed by atoms with E-state index in [0.717, 1.165) is 11.3 Å². The van der Waals surface area contributed by atoms with Crippen molar-refractivity contribution in [2.45, 2.75) is 56.2 Å². The molecule has 0 radical (unpaired) electrons. The van der Waals surface area contributed by atoms with Crippen LogP contribution in [0.2, 0.25) is 0 Å². The van der Waals surface area contributed by atoms with Crippen LogP contribution in [0, 0.1) is 6.92 Å². The molecule has 2 aromatic heterocycles. The Morgan fingerprint density at radius 2 is 1.89 bits per heavy atom. The number of pyridine rings is 2. The predicted octanol–water partition coefficient (Wildman–Crippen LogP) is 0.656. The lowest BCUT2D eigenvalue weighted by Gasteiger charge is -2.35. The van der Waals surface area contributed by atoms with Gasteiger partial charge in [-0.05, 0) is 57.4 Å². The van der Waals surface area contributed by atoms with Gasteiger partial charge >= 0.3 is 0 Å². The highest BCUT2D eigenvalue weighted by atomic mass is 32.2. The number of aryl methyl sites for hydroxylation is 1. The highest BCUT2D eigenvalue weighted by Gasteiger charge is 2.60. The Morgan fingerprint density at radius 1 is 1.17 bits per heavy atom. The monoisotopic (exact) mass is 502 g/mol. The molecule has 0 atom stereocenters. The van der Waals surface area contributed by atoms with E-state index in [1.54, 1.807) is 6.20 Å². The molecule has 2 aliphatic rings. The fourth-order valence-corrected chi connectivity index (χ4v) is 6.65. The predicted molar refractivity (Wildman–Crippen MR) is 129 cm³/mol. The van der Waals surface area contributed by atoms with Crippen molar-refractivity contribution in [2.75, 3.05) is 19.7 Å². The van der Waals surface area contributed by atoms with Crippen LogP contribution in [-0.4, -0.2) is 69.0 Å². The minimum atomic E-state index is -3.70. The summed E-state index contributed by atoms with van der Waals surface area (Å²) in [6.07, 6.45) is 2.49. The lowest BCUT2D eigenvalue weighted by Crippen LogP contribution is -2.53. The number of carbonyl (C=O) groups excluding carboxylic acids is 2. The Hall–Kier alpha value is -3.05. The van der Waals surface area contributed by atoms with Crippen LogP contribution >= 0.6 is 0 Å². The van der Waals surface area contributed by atoms with Gasteiger partial charge in [-0.1, -0.05) is 6.07 Å². The molecule has 35 heavy (non-hydrogen) atoms. The first-order chi connectivity index (χ1) is 16.4. The van der Waals surface area contributed by atoms with Crippen LogP contribution in [0.5, 0.6) is 0 Å². The van der Waals surface area contributed by atoms with Gasteiger partial charge in [0, 0.05) is 38.1 Å². The lowest BCUT2D eigenvalue weighted by molar-refractivity contribution is 0.0694. The number of amides is 2. The molecule has 0 bridgehead atoms. The Morgan fingerprint density at radius 3 is 2.49 bits per heavy atom. The summed E-state index contributed by atoms with van der Waals surface area (Å²) in [6.45, 7) is 4.85. The van der Waals surface area contributed by atoms with E-state index in [0.29, 0.717) is 12.8 Å². The van der Waals surface area contributed by atoms with E-state index < -0.39 is 43.3 Å². The second-order valence-corrected chi connectivity index (χ2v) is 12.9. The number of aliphatic hydroxyl groups is 1. The molecular weight excluding hydrogens is 472 g/mol. The number of rotatable bonds is 8. The number of carbonyl (C=O) groups is 2. The Balaban J connectivity index is 1.50. The molecule has 0 saturated heterocycles. The molecule has 0 aromatic carbocycles. The molecule has 2 N–H and O–H groups in total. The summed E-state index contributed by atoms with van der Waals surface area (Å²) < 4.78 is 25.2. The van der Waals surface area contributed by atoms with Gasteiger partial charge in [-0.2, -0.15) is 0 Å². The van der Waals surface area contributed by atoms with Gasteiger partial charge in [-0.3, -0.25) is 19.4 Å². The largest absolute Gasteiger partial charge is 0.395 e. The van der Waals surface area contributed by atoms with Crippen molar-refractivity contribution in [3.05, 3.63) is 63.3 Å². The molecule has 2 amide bonds. The Labute approximate surface area is 203 Å². The number of fused-ring (bicyclic) bond motifs is 1. The number of nitrogens with one attached hydrogen (secondary N) is 1. The fourth-order valence-electron chi connectivity index (χ4n) is 4.35. The number of sulfone groups is 1. The van der Waals surface area contributed by atoms with Crippen LogP contribution in [-0.2, 0) is 22.9 Å². The van der Waals surface area contributed by atoms with Gasteiger partial charge in [0.2, 0.25) is 0 Å². The van der Waals surface area contributed by atoms with Gasteiger partial charge in [-0.15, -0.1) is 0 Å². The van der Waals surface area contributed by atoms with Crippen LogP contribution in [0.3, 0.4) is 0 Å². The topological polar surface area (TPSA) is 139 Å². The van der Waals surface area contributed by atoms with Crippen LogP contribution < -0.4 is 10.9 Å². The summed E-state index contributed by atoms with van der Waals surface area (Å²) in [5, 5.41) is 12.3. The third-order valence-corrected chi connectivity index (χ3v) is 10.2. The zero-order valence-electron chi connectivity index (χ0n) is 20.1. The number of aliphatic hydroxyl groups excluding tert-OH is 1. The van der Waals surface area contributed by atoms with Crippen molar-refractivity contribution in [2.24, 2.45) is 0 Å². The molecule has 4 rings (SSSR count). The smallest absolute Gasteiger partial charge is 0.270 e. The third-order valence-electron chi connectivity index (χ3n) is 6.91. The van der Waals surface area contributed by atoms with Crippen molar-refractivity contribution in [1.29, 1.82) is 0 Å². The Kier molecular flexibility index (Phi) is 6.35. The quantitative estimate of drug-likeness (QED) is 0.541. The summed E-state index contributed by atoms with van der Waals surface area (Å²) >= 11 is 0. The third kappa shape index (κ3) is 4.38. The van der Waals surface area contributed by atoms with Crippen LogP contribution in [0.4, 0.5) is 0 Å². The van der Waals surface area contributed by atoms with Gasteiger partial charge in [0.15, 0.2) is 9.84 Å². The molecule has 2 aromatic rings. The zero-order chi connectivity index (χ0) is 25.6. The number of hydrogen-bond donors (Lipinski definition) is 2. The van der Waals surface area contributed by atoms with Crippen LogP contribution in [0.25, 0.3) is 0 Å². The summed E-state index contributed by atoms with van der Waals surface area (Å²) in [5.41, 5.74) is 1.14. The van der Waals surface area contributed by atoms with Crippen molar-refractivity contribution in [3.63, 3.8) is 0 Å². The van der Waals surface area contributed by atoms with Gasteiger partial charge in [0.1, 0.15) is 11.3 Å².